The van der Waals surface area contributed by atoms with E-state index in [1.54, 1.807) is 12.1 Å². The topological polar surface area (TPSA) is 66.6 Å². The summed E-state index contributed by atoms with van der Waals surface area (Å²) in [7, 11) is 0. The van der Waals surface area contributed by atoms with Crippen molar-refractivity contribution in [2.45, 2.75) is 13.0 Å². The van der Waals surface area contributed by atoms with E-state index in [4.69, 9.17) is 0 Å². The smallest absolute Gasteiger partial charge is 0.269 e. The molecule has 1 N–H and O–H groups in total. The summed E-state index contributed by atoms with van der Waals surface area (Å²) in [6.45, 7) is 3.14. The van der Waals surface area contributed by atoms with Crippen molar-refractivity contribution in [2.24, 2.45) is 0 Å². The normalized spacial score (nSPS) is 11.9. The SMILES string of the molecule is CCN(C[C@H](O)c1ccccc1)c1ccc([N+](=O)[O-])cc1. The van der Waals surface area contributed by atoms with Gasteiger partial charge in [-0.2, -0.15) is 0 Å². The minimum absolute atomic E-state index is 0.0680. The van der Waals surface area contributed by atoms with Gasteiger partial charge < -0.3 is 10.0 Å². The molecule has 0 aromatic heterocycles. The van der Waals surface area contributed by atoms with Crippen LogP contribution in [-0.4, -0.2) is 23.1 Å². The van der Waals surface area contributed by atoms with Crippen LogP contribution in [0.2, 0.25) is 0 Å². The predicted octanol–water partition coefficient (Wildman–Crippen LogP) is 3.15. The maximum Gasteiger partial charge on any atom is 0.269 e. The Balaban J connectivity index is 2.11. The maximum absolute atomic E-state index is 10.7. The average Bonchev–Trinajstić information content (AvgIpc) is 2.53. The van der Waals surface area contributed by atoms with Crippen LogP contribution in [0.5, 0.6) is 0 Å². The third-order valence-electron chi connectivity index (χ3n) is 3.39. The number of aliphatic hydroxyl groups excluding tert-OH is 1. The summed E-state index contributed by atoms with van der Waals surface area (Å²) < 4.78 is 0. The molecule has 2 rings (SSSR count). The molecule has 0 aliphatic carbocycles. The summed E-state index contributed by atoms with van der Waals surface area (Å²) >= 11 is 0. The Kier molecular flexibility index (Phi) is 4.90. The van der Waals surface area contributed by atoms with Gasteiger partial charge in [-0.05, 0) is 24.6 Å². The highest BCUT2D eigenvalue weighted by Gasteiger charge is 2.14. The minimum atomic E-state index is -0.596. The Morgan fingerprint density at radius 2 is 1.76 bits per heavy atom. The summed E-state index contributed by atoms with van der Waals surface area (Å²) in [4.78, 5) is 12.2. The Labute approximate surface area is 123 Å². The number of aliphatic hydroxyl groups is 1. The van der Waals surface area contributed by atoms with Crippen LogP contribution in [0.3, 0.4) is 0 Å². The summed E-state index contributed by atoms with van der Waals surface area (Å²) in [6.07, 6.45) is -0.596. The van der Waals surface area contributed by atoms with Crippen molar-refractivity contribution in [3.63, 3.8) is 0 Å². The number of anilines is 1. The number of nitro groups is 1. The number of rotatable bonds is 6. The molecular formula is C16H18N2O3. The van der Waals surface area contributed by atoms with E-state index in [0.717, 1.165) is 11.3 Å². The number of nitro benzene ring substituents is 1. The van der Waals surface area contributed by atoms with Gasteiger partial charge in [0.2, 0.25) is 0 Å². The van der Waals surface area contributed by atoms with Gasteiger partial charge in [0.05, 0.1) is 11.0 Å². The first-order chi connectivity index (χ1) is 10.1. The number of hydrogen-bond donors (Lipinski definition) is 1. The molecule has 2 aromatic rings. The zero-order valence-corrected chi connectivity index (χ0v) is 11.8. The van der Waals surface area contributed by atoms with Crippen molar-refractivity contribution >= 4 is 11.4 Å². The van der Waals surface area contributed by atoms with Crippen molar-refractivity contribution in [1.29, 1.82) is 0 Å². The molecule has 0 unspecified atom stereocenters. The molecule has 0 heterocycles. The van der Waals surface area contributed by atoms with Gasteiger partial charge in [0.25, 0.3) is 5.69 Å². The van der Waals surface area contributed by atoms with E-state index >= 15 is 0 Å². The first-order valence-corrected chi connectivity index (χ1v) is 6.84. The average molecular weight is 286 g/mol. The molecule has 0 aliphatic heterocycles. The third kappa shape index (κ3) is 3.79. The van der Waals surface area contributed by atoms with Gasteiger partial charge in [-0.25, -0.2) is 0 Å². The van der Waals surface area contributed by atoms with Crippen LogP contribution in [0.4, 0.5) is 11.4 Å². The van der Waals surface area contributed by atoms with E-state index in [-0.39, 0.29) is 5.69 Å². The Bertz CT molecular complexity index is 584. The molecule has 5 heteroatoms. The first kappa shape index (κ1) is 15.0. The summed E-state index contributed by atoms with van der Waals surface area (Å²) in [5.41, 5.74) is 1.79. The molecule has 0 saturated heterocycles. The molecule has 0 bridgehead atoms. The fraction of sp³-hybridized carbons (Fsp3) is 0.250. The highest BCUT2D eigenvalue weighted by Crippen LogP contribution is 2.22. The van der Waals surface area contributed by atoms with E-state index in [2.05, 4.69) is 0 Å². The number of hydrogen-bond acceptors (Lipinski definition) is 4. The number of likely N-dealkylation sites (N-methyl/N-ethyl adjacent to an activating group) is 1. The molecule has 0 amide bonds. The number of nitrogens with zero attached hydrogens (tertiary/aromatic N) is 2. The van der Waals surface area contributed by atoms with Gasteiger partial charge in [-0.1, -0.05) is 30.3 Å². The molecule has 0 aliphatic rings. The molecule has 0 spiro atoms. The van der Waals surface area contributed by atoms with Gasteiger partial charge in [-0.15, -0.1) is 0 Å². The van der Waals surface area contributed by atoms with E-state index in [9.17, 15) is 15.2 Å². The van der Waals surface area contributed by atoms with Crippen LogP contribution < -0.4 is 4.90 Å². The van der Waals surface area contributed by atoms with Crippen LogP contribution in [-0.2, 0) is 0 Å². The zero-order valence-electron chi connectivity index (χ0n) is 11.8. The molecule has 2 aromatic carbocycles. The summed E-state index contributed by atoms with van der Waals surface area (Å²) in [6, 6.07) is 15.8. The van der Waals surface area contributed by atoms with E-state index in [1.165, 1.54) is 12.1 Å². The summed E-state index contributed by atoms with van der Waals surface area (Å²) in [5.74, 6) is 0. The van der Waals surface area contributed by atoms with Crippen molar-refractivity contribution in [2.75, 3.05) is 18.0 Å². The summed E-state index contributed by atoms with van der Waals surface area (Å²) in [5, 5.41) is 20.9. The molecule has 110 valence electrons. The van der Waals surface area contributed by atoms with Crippen molar-refractivity contribution in [1.82, 2.24) is 0 Å². The molecule has 0 fully saturated rings. The van der Waals surface area contributed by atoms with Gasteiger partial charge in [0, 0.05) is 30.9 Å². The van der Waals surface area contributed by atoms with Gasteiger partial charge in [0.1, 0.15) is 0 Å². The van der Waals surface area contributed by atoms with Crippen LogP contribution in [0.15, 0.2) is 54.6 Å². The van der Waals surface area contributed by atoms with E-state index in [0.29, 0.717) is 13.1 Å². The zero-order chi connectivity index (χ0) is 15.2. The highest BCUT2D eigenvalue weighted by molar-refractivity contribution is 5.51. The second kappa shape index (κ2) is 6.85. The van der Waals surface area contributed by atoms with Crippen LogP contribution in [0, 0.1) is 10.1 Å². The second-order valence-electron chi connectivity index (χ2n) is 4.74. The molecular weight excluding hydrogens is 268 g/mol. The molecule has 21 heavy (non-hydrogen) atoms. The van der Waals surface area contributed by atoms with E-state index < -0.39 is 11.0 Å². The molecule has 0 saturated carbocycles. The molecule has 5 nitrogen and oxygen atoms in total. The van der Waals surface area contributed by atoms with E-state index in [1.807, 2.05) is 42.2 Å². The van der Waals surface area contributed by atoms with Crippen molar-refractivity contribution < 1.29 is 10.0 Å². The maximum atomic E-state index is 10.7. The Morgan fingerprint density at radius 3 is 2.29 bits per heavy atom. The van der Waals surface area contributed by atoms with Gasteiger partial charge in [0.15, 0.2) is 0 Å². The highest BCUT2D eigenvalue weighted by atomic mass is 16.6. The lowest BCUT2D eigenvalue weighted by Crippen LogP contribution is -2.28. The molecule has 1 atom stereocenters. The van der Waals surface area contributed by atoms with Crippen molar-refractivity contribution in [3.8, 4) is 0 Å². The standard InChI is InChI=1S/C16H18N2O3/c1-2-17(12-16(19)13-6-4-3-5-7-13)14-8-10-15(11-9-14)18(20)21/h3-11,16,19H,2,12H2,1H3/t16-/m0/s1. The molecule has 0 radical (unpaired) electrons. The largest absolute Gasteiger partial charge is 0.387 e. The third-order valence-corrected chi connectivity index (χ3v) is 3.39. The van der Waals surface area contributed by atoms with Crippen LogP contribution in [0.1, 0.15) is 18.6 Å². The van der Waals surface area contributed by atoms with Crippen molar-refractivity contribution in [3.05, 3.63) is 70.3 Å². The first-order valence-electron chi connectivity index (χ1n) is 6.84. The minimum Gasteiger partial charge on any atom is -0.387 e. The lowest BCUT2D eigenvalue weighted by Gasteiger charge is -2.26. The van der Waals surface area contributed by atoms with Crippen LogP contribution >= 0.6 is 0 Å². The Hall–Kier alpha value is -2.40. The quantitative estimate of drug-likeness (QED) is 0.654. The number of non-ortho nitro benzene ring substituents is 1. The lowest BCUT2D eigenvalue weighted by molar-refractivity contribution is -0.384. The Morgan fingerprint density at radius 1 is 1.14 bits per heavy atom. The fourth-order valence-corrected chi connectivity index (χ4v) is 2.19. The number of benzene rings is 2. The van der Waals surface area contributed by atoms with Crippen LogP contribution in [0.25, 0.3) is 0 Å². The second-order valence-corrected chi connectivity index (χ2v) is 4.74. The van der Waals surface area contributed by atoms with Gasteiger partial charge >= 0.3 is 0 Å². The monoisotopic (exact) mass is 286 g/mol. The fourth-order valence-electron chi connectivity index (χ4n) is 2.19. The lowest BCUT2D eigenvalue weighted by atomic mass is 10.1. The predicted molar refractivity (Wildman–Crippen MR) is 82.4 cm³/mol. The van der Waals surface area contributed by atoms with Gasteiger partial charge in [-0.3, -0.25) is 10.1 Å².